The molecule has 0 amide bonds. The Morgan fingerprint density at radius 1 is 1.05 bits per heavy atom. The molecule has 2 heteroatoms. The van der Waals surface area contributed by atoms with E-state index in [4.69, 9.17) is 0 Å². The van der Waals surface area contributed by atoms with Gasteiger partial charge in [0, 0.05) is 17.8 Å². The molecule has 1 aromatic heterocycles. The zero-order valence-corrected chi connectivity index (χ0v) is 13.3. The lowest BCUT2D eigenvalue weighted by atomic mass is 9.94. The Kier molecular flexibility index (Phi) is 6.75. The van der Waals surface area contributed by atoms with Crippen molar-refractivity contribution in [1.82, 2.24) is 4.98 Å². The van der Waals surface area contributed by atoms with Gasteiger partial charge in [0.2, 0.25) is 0 Å². The average molecular weight is 262 g/mol. The van der Waals surface area contributed by atoms with Crippen LogP contribution in [0.15, 0.2) is 6.08 Å². The molecule has 0 unspecified atom stereocenters. The minimum atomic E-state index is 0.833. The van der Waals surface area contributed by atoms with Crippen LogP contribution in [0.2, 0.25) is 0 Å². The van der Waals surface area contributed by atoms with Crippen LogP contribution in [0.1, 0.15) is 64.3 Å². The van der Waals surface area contributed by atoms with Gasteiger partial charge in [0.15, 0.2) is 0 Å². The number of anilines is 1. The van der Waals surface area contributed by atoms with Crippen LogP contribution < -0.4 is 5.32 Å². The largest absolute Gasteiger partial charge is 0.368 e. The van der Waals surface area contributed by atoms with Crippen molar-refractivity contribution in [2.24, 2.45) is 5.92 Å². The summed E-state index contributed by atoms with van der Waals surface area (Å²) in [6.45, 7) is 11.5. The van der Waals surface area contributed by atoms with Crippen LogP contribution in [0, 0.1) is 5.92 Å². The molecule has 2 N–H and O–H groups in total. The summed E-state index contributed by atoms with van der Waals surface area (Å²) in [5.74, 6) is 2.08. The Morgan fingerprint density at radius 3 is 2.37 bits per heavy atom. The van der Waals surface area contributed by atoms with Gasteiger partial charge in [-0.15, -0.1) is 0 Å². The number of nitrogens with one attached hydrogen (secondary N) is 2. The molecular weight excluding hydrogens is 232 g/mol. The molecule has 2 nitrogen and oxygen atoms in total. The molecule has 19 heavy (non-hydrogen) atoms. The highest BCUT2D eigenvalue weighted by molar-refractivity contribution is 5.72. The Labute approximate surface area is 118 Å². The molecule has 1 aliphatic heterocycles. The maximum Gasteiger partial charge on any atom is 0.111 e. The molecule has 2 aliphatic rings. The highest BCUT2D eigenvalue weighted by Gasteiger charge is 2.19. The van der Waals surface area contributed by atoms with Crippen molar-refractivity contribution >= 4 is 11.9 Å². The van der Waals surface area contributed by atoms with Crippen LogP contribution in [-0.2, 0) is 12.8 Å². The number of hydrogen-bond acceptors (Lipinski definition) is 1. The van der Waals surface area contributed by atoms with Gasteiger partial charge in [-0.25, -0.2) is 0 Å². The number of aromatic nitrogens is 1. The summed E-state index contributed by atoms with van der Waals surface area (Å²) in [7, 11) is 0. The van der Waals surface area contributed by atoms with E-state index in [9.17, 15) is 0 Å². The molecule has 3 rings (SSSR count). The van der Waals surface area contributed by atoms with E-state index >= 15 is 0 Å². The van der Waals surface area contributed by atoms with Crippen molar-refractivity contribution in [3.63, 3.8) is 0 Å². The minimum Gasteiger partial charge on any atom is -0.368 e. The quantitative estimate of drug-likeness (QED) is 0.675. The maximum atomic E-state index is 3.49. The van der Waals surface area contributed by atoms with Crippen molar-refractivity contribution in [2.75, 3.05) is 11.9 Å². The molecule has 0 fully saturated rings. The van der Waals surface area contributed by atoms with Crippen LogP contribution in [0.4, 0.5) is 5.82 Å². The van der Waals surface area contributed by atoms with Gasteiger partial charge in [-0.05, 0) is 37.2 Å². The predicted octanol–water partition coefficient (Wildman–Crippen LogP) is 5.02. The minimum absolute atomic E-state index is 0.833. The molecule has 1 aromatic rings. The lowest BCUT2D eigenvalue weighted by Gasteiger charge is -2.12. The van der Waals surface area contributed by atoms with E-state index in [2.05, 4.69) is 43.2 Å². The summed E-state index contributed by atoms with van der Waals surface area (Å²) in [5, 5.41) is 3.38. The van der Waals surface area contributed by atoms with Crippen LogP contribution in [-0.4, -0.2) is 11.5 Å². The zero-order valence-electron chi connectivity index (χ0n) is 13.3. The van der Waals surface area contributed by atoms with Crippen molar-refractivity contribution in [2.45, 2.75) is 60.3 Å². The standard InChI is InChI=1S/C11H14N2.C4H10.C2H6/c1-2-6-10-8(4-1)9-5-3-7-12-11(9)13-10;1-4(2)3;1-2/h3,5,12-13H,1-2,4,6-7H2;4H,1-3H3;1-2H3. The summed E-state index contributed by atoms with van der Waals surface area (Å²) < 4.78 is 0. The van der Waals surface area contributed by atoms with Gasteiger partial charge >= 0.3 is 0 Å². The summed E-state index contributed by atoms with van der Waals surface area (Å²) in [6, 6.07) is 0. The molecule has 0 saturated carbocycles. The van der Waals surface area contributed by atoms with Crippen LogP contribution in [0.25, 0.3) is 6.08 Å². The third-order valence-electron chi connectivity index (χ3n) is 3.02. The first kappa shape index (κ1) is 15.9. The molecule has 0 spiro atoms. The molecule has 0 atom stereocenters. The van der Waals surface area contributed by atoms with E-state index < -0.39 is 0 Å². The van der Waals surface area contributed by atoms with Crippen LogP contribution in [0.3, 0.4) is 0 Å². The second kappa shape index (κ2) is 8.08. The van der Waals surface area contributed by atoms with E-state index in [1.54, 1.807) is 5.56 Å². The number of aromatic amines is 1. The first-order valence-corrected chi connectivity index (χ1v) is 7.82. The number of hydrogen-bond donors (Lipinski definition) is 2. The molecule has 0 aromatic carbocycles. The molecule has 0 bridgehead atoms. The number of aryl methyl sites for hydroxylation is 1. The highest BCUT2D eigenvalue weighted by Crippen LogP contribution is 2.32. The van der Waals surface area contributed by atoms with E-state index in [1.807, 2.05) is 13.8 Å². The van der Waals surface area contributed by atoms with E-state index in [0.29, 0.717) is 0 Å². The molecule has 1 aliphatic carbocycles. The Bertz CT molecular complexity index is 397. The average Bonchev–Trinajstić information content (AvgIpc) is 2.79. The molecule has 0 saturated heterocycles. The molecule has 108 valence electrons. The summed E-state index contributed by atoms with van der Waals surface area (Å²) in [5.41, 5.74) is 4.45. The van der Waals surface area contributed by atoms with Gasteiger partial charge in [-0.3, -0.25) is 0 Å². The fourth-order valence-corrected chi connectivity index (χ4v) is 2.37. The fraction of sp³-hybridized carbons (Fsp3) is 0.647. The van der Waals surface area contributed by atoms with Crippen molar-refractivity contribution < 1.29 is 0 Å². The van der Waals surface area contributed by atoms with Gasteiger partial charge in [0.1, 0.15) is 5.82 Å². The van der Waals surface area contributed by atoms with E-state index in [1.165, 1.54) is 42.8 Å². The topological polar surface area (TPSA) is 27.8 Å². The number of H-pyrrole nitrogens is 1. The first-order valence-electron chi connectivity index (χ1n) is 7.82. The first-order chi connectivity index (χ1) is 9.18. The van der Waals surface area contributed by atoms with Crippen molar-refractivity contribution in [3.8, 4) is 0 Å². The highest BCUT2D eigenvalue weighted by atomic mass is 15.0. The van der Waals surface area contributed by atoms with Gasteiger partial charge in [-0.2, -0.15) is 0 Å². The van der Waals surface area contributed by atoms with Crippen molar-refractivity contribution in [1.29, 1.82) is 0 Å². The van der Waals surface area contributed by atoms with Gasteiger partial charge in [0.25, 0.3) is 0 Å². The van der Waals surface area contributed by atoms with Gasteiger partial charge in [-0.1, -0.05) is 46.8 Å². The smallest absolute Gasteiger partial charge is 0.111 e. The van der Waals surface area contributed by atoms with Crippen LogP contribution >= 0.6 is 0 Å². The maximum absolute atomic E-state index is 3.49. The van der Waals surface area contributed by atoms with E-state index in [0.717, 1.165) is 12.5 Å². The van der Waals surface area contributed by atoms with Gasteiger partial charge < -0.3 is 10.3 Å². The Hall–Kier alpha value is -1.18. The lowest BCUT2D eigenvalue weighted by molar-refractivity contribution is 0.676. The summed E-state index contributed by atoms with van der Waals surface area (Å²) in [4.78, 5) is 3.49. The monoisotopic (exact) mass is 262 g/mol. The van der Waals surface area contributed by atoms with E-state index in [-0.39, 0.29) is 0 Å². The Balaban J connectivity index is 0.000000262. The second-order valence-corrected chi connectivity index (χ2v) is 5.59. The zero-order chi connectivity index (χ0) is 14.3. The summed E-state index contributed by atoms with van der Waals surface area (Å²) >= 11 is 0. The SMILES string of the molecule is C1=Cc2c([nH]c3c2CCCC3)NC1.CC.CC(C)C. The van der Waals surface area contributed by atoms with Crippen molar-refractivity contribution in [3.05, 3.63) is 22.9 Å². The van der Waals surface area contributed by atoms with Gasteiger partial charge in [0.05, 0.1) is 0 Å². The third-order valence-corrected chi connectivity index (χ3v) is 3.02. The third kappa shape index (κ3) is 4.45. The predicted molar refractivity (Wildman–Crippen MR) is 86.8 cm³/mol. The Morgan fingerprint density at radius 2 is 1.68 bits per heavy atom. The fourth-order valence-electron chi connectivity index (χ4n) is 2.37. The normalized spacial score (nSPS) is 15.3. The molecule has 2 heterocycles. The summed E-state index contributed by atoms with van der Waals surface area (Å²) in [6.07, 6.45) is 9.64. The second-order valence-electron chi connectivity index (χ2n) is 5.59. The molecule has 0 radical (unpaired) electrons. The number of fused-ring (bicyclic) bond motifs is 3. The number of rotatable bonds is 0. The molecular formula is C17H30N2. The lowest BCUT2D eigenvalue weighted by Crippen LogP contribution is -2.04. The van der Waals surface area contributed by atoms with Crippen LogP contribution in [0.5, 0.6) is 0 Å².